The first kappa shape index (κ1) is 57.5. The molecule has 0 fully saturated rings. The Morgan fingerprint density at radius 3 is 1.81 bits per heavy atom. The number of amides is 9. The Labute approximate surface area is 434 Å². The molecule has 22 heteroatoms. The van der Waals surface area contributed by atoms with Crippen LogP contribution in [0.3, 0.4) is 0 Å². The van der Waals surface area contributed by atoms with Crippen LogP contribution in [0, 0.1) is 11.8 Å². The molecule has 2 aromatic heterocycles. The summed E-state index contributed by atoms with van der Waals surface area (Å²) in [5, 5.41) is 19.5. The zero-order valence-electron chi connectivity index (χ0n) is 42.7. The van der Waals surface area contributed by atoms with Gasteiger partial charge in [-0.05, 0) is 73.8 Å². The van der Waals surface area contributed by atoms with E-state index in [1.165, 1.54) is 31.6 Å². The van der Waals surface area contributed by atoms with E-state index in [2.05, 4.69) is 52.2 Å². The molecule has 0 saturated carbocycles. The molecule has 9 amide bonds. The maximum Gasteiger partial charge on any atom is 0.254 e. The van der Waals surface area contributed by atoms with Gasteiger partial charge in [0, 0.05) is 48.3 Å². The summed E-state index contributed by atoms with van der Waals surface area (Å²) in [4.78, 5) is 132. The van der Waals surface area contributed by atoms with Crippen LogP contribution in [-0.4, -0.2) is 110 Å². The molecule has 0 radical (unpaired) electrons. The molecular formula is C53H69N13O9. The van der Waals surface area contributed by atoms with Crippen molar-refractivity contribution in [3.63, 3.8) is 0 Å². The number of benzene rings is 3. The number of anilines is 1. The molecule has 0 aliphatic carbocycles. The number of H-pyrrole nitrogens is 2. The SMILES string of the molecule is CC(C)C[C@H](NC(=O)[C@H](CC(C)C)NC(=O)[C@H](Cc1cnc[nH]1)NC(=O)c1ccccc1NC(=O)[C@H](C)NC(=O)[C@H](Cc1c[nH]c2ccccc12)NC(=O)[C@H](CCC(N)=O)NC(=O)[C@@H](N)Cc1ccccc1)C(N)=O. The second-order valence-electron chi connectivity index (χ2n) is 19.3. The lowest BCUT2D eigenvalue weighted by Crippen LogP contribution is -2.58. The monoisotopic (exact) mass is 1030 g/mol. The molecule has 0 aliphatic rings. The largest absolute Gasteiger partial charge is 0.370 e. The summed E-state index contributed by atoms with van der Waals surface area (Å²) in [5.41, 5.74) is 19.9. The number of carbonyl (C=O) groups is 9. The summed E-state index contributed by atoms with van der Waals surface area (Å²) in [7, 11) is 0. The third kappa shape index (κ3) is 17.7. The van der Waals surface area contributed by atoms with Crippen molar-refractivity contribution in [2.45, 2.75) is 122 Å². The third-order valence-electron chi connectivity index (χ3n) is 12.2. The number of carbonyl (C=O) groups excluding carboxylic acids is 9. The highest BCUT2D eigenvalue weighted by Gasteiger charge is 2.33. The van der Waals surface area contributed by atoms with E-state index in [0.717, 1.165) is 16.5 Å². The van der Waals surface area contributed by atoms with Gasteiger partial charge in [0.2, 0.25) is 47.3 Å². The lowest BCUT2D eigenvalue weighted by molar-refractivity contribution is -0.133. The third-order valence-corrected chi connectivity index (χ3v) is 12.2. The van der Waals surface area contributed by atoms with Gasteiger partial charge >= 0.3 is 0 Å². The molecule has 5 rings (SSSR count). The van der Waals surface area contributed by atoms with Gasteiger partial charge in [-0.2, -0.15) is 0 Å². The molecule has 15 N–H and O–H groups in total. The van der Waals surface area contributed by atoms with E-state index in [4.69, 9.17) is 17.2 Å². The smallest absolute Gasteiger partial charge is 0.254 e. The van der Waals surface area contributed by atoms with Gasteiger partial charge in [0.25, 0.3) is 5.91 Å². The minimum atomic E-state index is -1.34. The summed E-state index contributed by atoms with van der Waals surface area (Å²) in [6.45, 7) is 8.86. The zero-order chi connectivity index (χ0) is 54.8. The minimum Gasteiger partial charge on any atom is -0.370 e. The number of aromatic nitrogens is 3. The number of para-hydroxylation sites is 2. The predicted octanol–water partition coefficient (Wildman–Crippen LogP) is 1.27. The Morgan fingerprint density at radius 1 is 0.573 bits per heavy atom. The van der Waals surface area contributed by atoms with Crippen molar-refractivity contribution in [2.24, 2.45) is 29.0 Å². The number of nitrogens with zero attached hydrogens (tertiary/aromatic N) is 1. The van der Waals surface area contributed by atoms with E-state index in [1.807, 2.05) is 58.0 Å². The first-order valence-corrected chi connectivity index (χ1v) is 24.8. The summed E-state index contributed by atoms with van der Waals surface area (Å²) in [6, 6.07) is 13.9. The molecule has 3 aromatic carbocycles. The molecule has 0 bridgehead atoms. The Bertz CT molecular complexity index is 2780. The number of primary amides is 2. The zero-order valence-corrected chi connectivity index (χ0v) is 42.7. The van der Waals surface area contributed by atoms with Crippen LogP contribution in [0.5, 0.6) is 0 Å². The van der Waals surface area contributed by atoms with E-state index in [9.17, 15) is 43.2 Å². The first-order valence-electron chi connectivity index (χ1n) is 24.8. The van der Waals surface area contributed by atoms with Crippen molar-refractivity contribution in [1.82, 2.24) is 46.9 Å². The van der Waals surface area contributed by atoms with Gasteiger partial charge in [0.15, 0.2) is 0 Å². The van der Waals surface area contributed by atoms with Gasteiger partial charge in [-0.1, -0.05) is 88.4 Å². The summed E-state index contributed by atoms with van der Waals surface area (Å²) < 4.78 is 0. The van der Waals surface area contributed by atoms with Gasteiger partial charge in [-0.3, -0.25) is 43.2 Å². The number of imidazole rings is 1. The van der Waals surface area contributed by atoms with Crippen LogP contribution < -0.4 is 54.4 Å². The van der Waals surface area contributed by atoms with E-state index in [-0.39, 0.29) is 68.0 Å². The Hall–Kier alpha value is -8.40. The van der Waals surface area contributed by atoms with Gasteiger partial charge in [-0.25, -0.2) is 4.98 Å². The number of fused-ring (bicyclic) bond motifs is 1. The fraction of sp³-hybridized carbons (Fsp3) is 0.396. The number of hydrogen-bond acceptors (Lipinski definition) is 11. The van der Waals surface area contributed by atoms with Crippen LogP contribution >= 0.6 is 0 Å². The van der Waals surface area contributed by atoms with Crippen molar-refractivity contribution in [2.75, 3.05) is 5.32 Å². The lowest BCUT2D eigenvalue weighted by Gasteiger charge is -2.26. The maximum atomic E-state index is 14.3. The highest BCUT2D eigenvalue weighted by Crippen LogP contribution is 2.21. The van der Waals surface area contributed by atoms with Crippen molar-refractivity contribution >= 4 is 69.8 Å². The molecular weight excluding hydrogens is 963 g/mol. The van der Waals surface area contributed by atoms with Crippen molar-refractivity contribution in [3.05, 3.63) is 120 Å². The Kier molecular flexibility index (Phi) is 21.2. The number of nitrogens with two attached hydrogens (primary N) is 3. The first-order chi connectivity index (χ1) is 35.7. The molecule has 0 unspecified atom stereocenters. The Balaban J connectivity index is 1.33. The molecule has 0 saturated heterocycles. The minimum absolute atomic E-state index is 0.0173. The molecule has 22 nitrogen and oxygen atoms in total. The van der Waals surface area contributed by atoms with Crippen LogP contribution in [0.2, 0.25) is 0 Å². The highest BCUT2D eigenvalue weighted by molar-refractivity contribution is 6.07. The standard InChI is InChI=1S/C53H69N13O9/c1-29(2)21-41(46(56)68)63-52(74)42(22-30(3)4)65-53(75)44(25-34-27-57-28-59-34)64-48(70)36-16-10-12-18-39(36)61-47(69)31(5)60-51(73)43(24-33-26-58-38-17-11-9-15-35(33)38)66-50(72)40(19-20-45(55)67)62-49(71)37(54)23-32-13-7-6-8-14-32/h6-18,26-31,37,40-44,58H,19-25,54H2,1-5H3,(H2,55,67)(H2,56,68)(H,57,59)(H,60,73)(H,61,69)(H,62,71)(H,63,74)(H,64,70)(H,65,75)(H,66,72)/t31-,37-,40-,41-,42-,43-,44-/m0/s1. The predicted molar refractivity (Wildman–Crippen MR) is 281 cm³/mol. The van der Waals surface area contributed by atoms with E-state index < -0.39 is 95.5 Å². The second-order valence-corrected chi connectivity index (χ2v) is 19.3. The number of aromatic amines is 2. The summed E-state index contributed by atoms with van der Waals surface area (Å²) in [6.07, 6.45) is 4.53. The van der Waals surface area contributed by atoms with Crippen molar-refractivity contribution in [1.29, 1.82) is 0 Å². The summed E-state index contributed by atoms with van der Waals surface area (Å²) >= 11 is 0. The molecule has 75 heavy (non-hydrogen) atoms. The molecule has 7 atom stereocenters. The number of rotatable bonds is 28. The van der Waals surface area contributed by atoms with E-state index in [0.29, 0.717) is 11.3 Å². The average molecular weight is 1030 g/mol. The quantitative estimate of drug-likeness (QED) is 0.0339. The molecule has 5 aromatic rings. The van der Waals surface area contributed by atoms with Gasteiger partial charge in [-0.15, -0.1) is 0 Å². The van der Waals surface area contributed by atoms with Crippen LogP contribution in [0.25, 0.3) is 10.9 Å². The normalized spacial score (nSPS) is 14.0. The van der Waals surface area contributed by atoms with Crippen LogP contribution in [0.15, 0.2) is 97.6 Å². The van der Waals surface area contributed by atoms with Crippen LogP contribution in [-0.2, 0) is 57.6 Å². The lowest BCUT2D eigenvalue weighted by atomic mass is 9.99. The van der Waals surface area contributed by atoms with Crippen molar-refractivity contribution < 1.29 is 43.2 Å². The molecule has 0 spiro atoms. The molecule has 400 valence electrons. The highest BCUT2D eigenvalue weighted by atomic mass is 16.2. The van der Waals surface area contributed by atoms with E-state index in [1.54, 1.807) is 42.6 Å². The Morgan fingerprint density at radius 2 is 1.15 bits per heavy atom. The summed E-state index contributed by atoms with van der Waals surface area (Å²) in [5.74, 6) is -6.67. The topological polar surface area (TPSA) is 360 Å². The maximum absolute atomic E-state index is 14.3. The van der Waals surface area contributed by atoms with Crippen molar-refractivity contribution in [3.8, 4) is 0 Å². The second kappa shape index (κ2) is 27.6. The number of nitrogens with one attached hydrogen (secondary N) is 9. The fourth-order valence-corrected chi connectivity index (χ4v) is 8.23. The molecule has 2 heterocycles. The van der Waals surface area contributed by atoms with Gasteiger partial charge in [0.1, 0.15) is 36.3 Å². The van der Waals surface area contributed by atoms with Crippen LogP contribution in [0.4, 0.5) is 5.69 Å². The van der Waals surface area contributed by atoms with Crippen LogP contribution in [0.1, 0.15) is 87.5 Å². The fourth-order valence-electron chi connectivity index (χ4n) is 8.23. The average Bonchev–Trinajstić information content (AvgIpc) is 4.04. The molecule has 0 aliphatic heterocycles. The number of hydrogen-bond donors (Lipinski definition) is 12. The van der Waals surface area contributed by atoms with Gasteiger partial charge in [0.05, 0.1) is 23.6 Å². The van der Waals surface area contributed by atoms with Gasteiger partial charge < -0.3 is 64.4 Å². The van der Waals surface area contributed by atoms with E-state index >= 15 is 0 Å².